The van der Waals surface area contributed by atoms with Gasteiger partial charge in [-0.15, -0.1) is 6.58 Å². The Morgan fingerprint density at radius 1 is 1.40 bits per heavy atom. The third-order valence-electron chi connectivity index (χ3n) is 2.50. The van der Waals surface area contributed by atoms with Crippen molar-refractivity contribution in [1.29, 1.82) is 0 Å². The molecule has 3 N–H and O–H groups in total. The quantitative estimate of drug-likeness (QED) is 0.591. The molecule has 1 aromatic heterocycles. The zero-order valence-electron chi connectivity index (χ0n) is 10.7. The zero-order chi connectivity index (χ0) is 14.4. The van der Waals surface area contributed by atoms with Gasteiger partial charge in [0.15, 0.2) is 5.11 Å². The first-order chi connectivity index (χ1) is 9.69. The average molecular weight is 286 g/mol. The summed E-state index contributed by atoms with van der Waals surface area (Å²) in [5.74, 6) is 0. The van der Waals surface area contributed by atoms with Crippen LogP contribution in [0.5, 0.6) is 0 Å². The van der Waals surface area contributed by atoms with E-state index in [1.54, 1.807) is 12.1 Å². The molecule has 20 heavy (non-hydrogen) atoms. The number of anilines is 1. The molecule has 2 rings (SSSR count). The highest BCUT2D eigenvalue weighted by atomic mass is 32.1. The van der Waals surface area contributed by atoms with Gasteiger partial charge in [-0.05, 0) is 30.4 Å². The molecule has 0 bridgehead atoms. The minimum atomic E-state index is -0.224. The summed E-state index contributed by atoms with van der Waals surface area (Å²) in [4.78, 5) is 11.0. The number of hydrogen-bond acceptors (Lipinski definition) is 3. The van der Waals surface area contributed by atoms with Crippen molar-refractivity contribution in [3.05, 3.63) is 59.4 Å². The Morgan fingerprint density at radius 2 is 2.25 bits per heavy atom. The highest BCUT2D eigenvalue weighted by Crippen LogP contribution is 2.19. The molecule has 2 aromatic rings. The van der Waals surface area contributed by atoms with Crippen LogP contribution in [0.4, 0.5) is 5.69 Å². The molecule has 0 aliphatic carbocycles. The fraction of sp³-hybridized carbons (Fsp3) is 0.0714. The molecule has 6 heteroatoms. The predicted molar refractivity (Wildman–Crippen MR) is 84.7 cm³/mol. The highest BCUT2D eigenvalue weighted by molar-refractivity contribution is 7.80. The molecule has 0 atom stereocenters. The lowest BCUT2D eigenvalue weighted by Gasteiger charge is -2.10. The molecular formula is C14H14N4OS. The van der Waals surface area contributed by atoms with E-state index >= 15 is 0 Å². The van der Waals surface area contributed by atoms with E-state index in [-0.39, 0.29) is 5.56 Å². The first-order valence-electron chi connectivity index (χ1n) is 6.01. The molecule has 0 amide bonds. The fourth-order valence-electron chi connectivity index (χ4n) is 1.60. The minimum absolute atomic E-state index is 0.224. The summed E-state index contributed by atoms with van der Waals surface area (Å²) in [5.41, 5.74) is 2.20. The molecule has 102 valence electrons. The van der Waals surface area contributed by atoms with Gasteiger partial charge in [-0.25, -0.2) is 5.10 Å². The second-order valence-electron chi connectivity index (χ2n) is 4.01. The maximum Gasteiger partial charge on any atom is 0.264 e. The second kappa shape index (κ2) is 6.63. The van der Waals surface area contributed by atoms with Gasteiger partial charge in [0.05, 0.1) is 5.69 Å². The van der Waals surface area contributed by atoms with Crippen molar-refractivity contribution in [3.63, 3.8) is 0 Å². The Hall–Kier alpha value is -2.47. The zero-order valence-corrected chi connectivity index (χ0v) is 11.5. The van der Waals surface area contributed by atoms with Crippen LogP contribution in [0.2, 0.25) is 0 Å². The molecule has 0 unspecified atom stereocenters. The van der Waals surface area contributed by atoms with Gasteiger partial charge >= 0.3 is 0 Å². The molecule has 1 heterocycles. The lowest BCUT2D eigenvalue weighted by atomic mass is 10.1. The molecule has 0 aliphatic heterocycles. The van der Waals surface area contributed by atoms with E-state index in [9.17, 15) is 4.79 Å². The summed E-state index contributed by atoms with van der Waals surface area (Å²) < 4.78 is 0. The largest absolute Gasteiger partial charge is 0.359 e. The number of nitrogens with zero attached hydrogens (tertiary/aromatic N) is 1. The van der Waals surface area contributed by atoms with E-state index in [0.29, 0.717) is 17.4 Å². The predicted octanol–water partition coefficient (Wildman–Crippen LogP) is 1.91. The van der Waals surface area contributed by atoms with Crippen molar-refractivity contribution in [3.8, 4) is 11.3 Å². The van der Waals surface area contributed by atoms with Gasteiger partial charge in [0.1, 0.15) is 0 Å². The Labute approximate surface area is 121 Å². The van der Waals surface area contributed by atoms with Crippen molar-refractivity contribution in [2.75, 3.05) is 11.9 Å². The van der Waals surface area contributed by atoms with Gasteiger partial charge in [-0.1, -0.05) is 18.2 Å². The first kappa shape index (κ1) is 14.0. The number of rotatable bonds is 4. The van der Waals surface area contributed by atoms with Gasteiger partial charge in [-0.3, -0.25) is 4.79 Å². The minimum Gasteiger partial charge on any atom is -0.359 e. The van der Waals surface area contributed by atoms with Crippen LogP contribution in [-0.2, 0) is 0 Å². The van der Waals surface area contributed by atoms with Crippen LogP contribution in [0.25, 0.3) is 11.3 Å². The van der Waals surface area contributed by atoms with E-state index in [1.165, 1.54) is 6.07 Å². The Kier molecular flexibility index (Phi) is 4.62. The summed E-state index contributed by atoms with van der Waals surface area (Å²) in [6, 6.07) is 10.7. The normalized spacial score (nSPS) is 9.80. The van der Waals surface area contributed by atoms with Crippen molar-refractivity contribution in [2.45, 2.75) is 0 Å². The maximum atomic E-state index is 11.0. The monoisotopic (exact) mass is 286 g/mol. The molecule has 0 aliphatic rings. The third-order valence-corrected chi connectivity index (χ3v) is 2.75. The van der Waals surface area contributed by atoms with E-state index < -0.39 is 0 Å². The summed E-state index contributed by atoms with van der Waals surface area (Å²) in [5, 5.41) is 13.0. The second-order valence-corrected chi connectivity index (χ2v) is 4.42. The van der Waals surface area contributed by atoms with Crippen LogP contribution in [0.3, 0.4) is 0 Å². The van der Waals surface area contributed by atoms with Crippen LogP contribution in [0.1, 0.15) is 0 Å². The molecule has 5 nitrogen and oxygen atoms in total. The van der Waals surface area contributed by atoms with Crippen LogP contribution in [0.15, 0.2) is 53.8 Å². The summed E-state index contributed by atoms with van der Waals surface area (Å²) in [6.45, 7) is 4.22. The number of aromatic nitrogens is 2. The first-order valence-corrected chi connectivity index (χ1v) is 6.42. The van der Waals surface area contributed by atoms with E-state index in [0.717, 1.165) is 11.3 Å². The molecule has 1 aromatic carbocycles. The van der Waals surface area contributed by atoms with Crippen molar-refractivity contribution < 1.29 is 0 Å². The summed E-state index contributed by atoms with van der Waals surface area (Å²) in [6.07, 6.45) is 1.73. The topological polar surface area (TPSA) is 69.8 Å². The summed E-state index contributed by atoms with van der Waals surface area (Å²) >= 11 is 5.15. The number of aromatic amines is 1. The molecular weight excluding hydrogens is 272 g/mol. The number of H-pyrrole nitrogens is 1. The van der Waals surface area contributed by atoms with Gasteiger partial charge in [-0.2, -0.15) is 5.10 Å². The van der Waals surface area contributed by atoms with Crippen LogP contribution >= 0.6 is 12.2 Å². The molecule has 0 spiro atoms. The van der Waals surface area contributed by atoms with Crippen LogP contribution < -0.4 is 16.2 Å². The average Bonchev–Trinajstić information content (AvgIpc) is 2.46. The van der Waals surface area contributed by atoms with E-state index in [1.807, 2.05) is 24.3 Å². The molecule has 0 saturated heterocycles. The Balaban J connectivity index is 2.15. The van der Waals surface area contributed by atoms with Crippen molar-refractivity contribution in [2.24, 2.45) is 0 Å². The highest BCUT2D eigenvalue weighted by Gasteiger charge is 2.02. The van der Waals surface area contributed by atoms with Gasteiger partial charge in [0.2, 0.25) is 0 Å². The molecule has 0 fully saturated rings. The Bertz CT molecular complexity index is 660. The van der Waals surface area contributed by atoms with Gasteiger partial charge in [0, 0.05) is 23.9 Å². The van der Waals surface area contributed by atoms with Crippen LogP contribution in [-0.4, -0.2) is 21.9 Å². The summed E-state index contributed by atoms with van der Waals surface area (Å²) in [7, 11) is 0. The Morgan fingerprint density at radius 3 is 2.95 bits per heavy atom. The van der Waals surface area contributed by atoms with Gasteiger partial charge in [0.25, 0.3) is 5.56 Å². The number of nitrogens with one attached hydrogen (secondary N) is 3. The number of benzene rings is 1. The third kappa shape index (κ3) is 3.76. The number of thiocarbonyl (C=S) groups is 1. The van der Waals surface area contributed by atoms with Crippen molar-refractivity contribution >= 4 is 23.0 Å². The van der Waals surface area contributed by atoms with E-state index in [4.69, 9.17) is 12.2 Å². The molecule has 0 radical (unpaired) electrons. The fourth-order valence-corrected chi connectivity index (χ4v) is 1.80. The lowest BCUT2D eigenvalue weighted by molar-refractivity contribution is 0.995. The van der Waals surface area contributed by atoms with E-state index in [2.05, 4.69) is 27.4 Å². The molecule has 0 saturated carbocycles. The number of hydrogen-bond donors (Lipinski definition) is 3. The van der Waals surface area contributed by atoms with Gasteiger partial charge < -0.3 is 10.6 Å². The smallest absolute Gasteiger partial charge is 0.264 e. The maximum absolute atomic E-state index is 11.0. The lowest BCUT2D eigenvalue weighted by Crippen LogP contribution is -2.28. The SMILES string of the molecule is C=CCNC(=S)Nc1cccc(-c2ccc(=O)[nH]n2)c1. The standard InChI is InChI=1S/C14H14N4OS/c1-2-8-15-14(20)16-11-5-3-4-10(9-11)12-6-7-13(19)18-17-12/h2-7,9H,1,8H2,(H,18,19)(H2,15,16,20). The van der Waals surface area contributed by atoms with Crippen LogP contribution in [0, 0.1) is 0 Å². The van der Waals surface area contributed by atoms with Crippen molar-refractivity contribution in [1.82, 2.24) is 15.5 Å².